The lowest BCUT2D eigenvalue weighted by Gasteiger charge is -2.29. The molecular formula is C22H27BrN2O2. The van der Waals surface area contributed by atoms with E-state index in [0.717, 1.165) is 27.6 Å². The topological polar surface area (TPSA) is 49.4 Å². The molecule has 2 amide bonds. The summed E-state index contributed by atoms with van der Waals surface area (Å²) in [7, 11) is 0. The predicted octanol–water partition coefficient (Wildman–Crippen LogP) is 4.24. The summed E-state index contributed by atoms with van der Waals surface area (Å²) in [5.74, 6) is -0.168. The molecule has 27 heavy (non-hydrogen) atoms. The zero-order valence-electron chi connectivity index (χ0n) is 16.2. The largest absolute Gasteiger partial charge is 0.354 e. The molecule has 0 aromatic heterocycles. The van der Waals surface area contributed by atoms with Crippen LogP contribution >= 0.6 is 15.9 Å². The zero-order chi connectivity index (χ0) is 19.8. The van der Waals surface area contributed by atoms with Gasteiger partial charge in [0, 0.05) is 17.6 Å². The van der Waals surface area contributed by atoms with Crippen molar-refractivity contribution in [2.45, 2.75) is 46.2 Å². The van der Waals surface area contributed by atoms with Crippen LogP contribution in [0.1, 0.15) is 37.0 Å². The fourth-order valence-corrected chi connectivity index (χ4v) is 3.10. The summed E-state index contributed by atoms with van der Waals surface area (Å²) in [5, 5.41) is 2.90. The Hall–Kier alpha value is -2.14. The molecule has 0 radical (unpaired) electrons. The van der Waals surface area contributed by atoms with Gasteiger partial charge >= 0.3 is 0 Å². The molecule has 1 N–H and O–H groups in total. The molecule has 0 saturated carbocycles. The number of nitrogens with one attached hydrogen (secondary N) is 1. The molecule has 5 heteroatoms. The first-order valence-corrected chi connectivity index (χ1v) is 10.1. The monoisotopic (exact) mass is 430 g/mol. The Bertz CT molecular complexity index is 774. The summed E-state index contributed by atoms with van der Waals surface area (Å²) in [5.41, 5.74) is 3.06. The van der Waals surface area contributed by atoms with Gasteiger partial charge in [0.05, 0.1) is 6.42 Å². The maximum atomic E-state index is 13.1. The number of carbonyl (C=O) groups is 2. The molecule has 0 spiro atoms. The van der Waals surface area contributed by atoms with Crippen LogP contribution in [0, 0.1) is 6.92 Å². The minimum Gasteiger partial charge on any atom is -0.354 e. The normalized spacial score (nSPS) is 11.7. The highest BCUT2D eigenvalue weighted by Crippen LogP contribution is 2.16. The molecular weight excluding hydrogens is 404 g/mol. The van der Waals surface area contributed by atoms with Crippen LogP contribution in [0.4, 0.5) is 0 Å². The summed E-state index contributed by atoms with van der Waals surface area (Å²) < 4.78 is 0.984. The molecule has 1 atom stereocenters. The van der Waals surface area contributed by atoms with E-state index in [1.54, 1.807) is 11.8 Å². The van der Waals surface area contributed by atoms with Gasteiger partial charge < -0.3 is 10.2 Å². The Morgan fingerprint density at radius 2 is 1.78 bits per heavy atom. The second-order valence-corrected chi connectivity index (χ2v) is 7.63. The molecule has 2 aromatic rings. The number of hydrogen-bond donors (Lipinski definition) is 1. The van der Waals surface area contributed by atoms with Crippen LogP contribution in [-0.2, 0) is 22.6 Å². The second kappa shape index (κ2) is 10.3. The van der Waals surface area contributed by atoms with Gasteiger partial charge in [-0.2, -0.15) is 0 Å². The molecule has 144 valence electrons. The number of rotatable bonds is 8. The van der Waals surface area contributed by atoms with Gasteiger partial charge in [-0.05, 0) is 49.1 Å². The standard InChI is InChI=1S/C22H27BrN2O2/c1-4-13-24-22(27)17(3)25(15-18-9-11-20(23)12-10-18)21(26)14-19-8-6-5-7-16(19)2/h5-12,17H,4,13-15H2,1-3H3,(H,24,27)/t17-/m1/s1. The molecule has 4 nitrogen and oxygen atoms in total. The van der Waals surface area contributed by atoms with E-state index < -0.39 is 6.04 Å². The van der Waals surface area contributed by atoms with E-state index in [-0.39, 0.29) is 18.2 Å². The summed E-state index contributed by atoms with van der Waals surface area (Å²) in [6.07, 6.45) is 1.15. The third kappa shape index (κ3) is 6.21. The fourth-order valence-electron chi connectivity index (χ4n) is 2.84. The molecule has 0 bridgehead atoms. The van der Waals surface area contributed by atoms with Gasteiger partial charge in [0.25, 0.3) is 0 Å². The highest BCUT2D eigenvalue weighted by atomic mass is 79.9. The van der Waals surface area contributed by atoms with Gasteiger partial charge in [0.1, 0.15) is 6.04 Å². The van der Waals surface area contributed by atoms with E-state index in [1.807, 2.05) is 62.4 Å². The van der Waals surface area contributed by atoms with Gasteiger partial charge in [-0.1, -0.05) is 59.3 Å². The minimum atomic E-state index is -0.531. The van der Waals surface area contributed by atoms with Crippen molar-refractivity contribution in [2.75, 3.05) is 6.54 Å². The van der Waals surface area contributed by atoms with Crippen LogP contribution in [0.5, 0.6) is 0 Å². The molecule has 0 aliphatic heterocycles. The molecule has 0 aliphatic rings. The highest BCUT2D eigenvalue weighted by molar-refractivity contribution is 9.10. The van der Waals surface area contributed by atoms with E-state index in [4.69, 9.17) is 0 Å². The van der Waals surface area contributed by atoms with Crippen LogP contribution in [0.15, 0.2) is 53.0 Å². The van der Waals surface area contributed by atoms with E-state index in [2.05, 4.69) is 21.2 Å². The SMILES string of the molecule is CCCNC(=O)[C@@H](C)N(Cc1ccc(Br)cc1)C(=O)Cc1ccccc1C. The van der Waals surface area contributed by atoms with E-state index >= 15 is 0 Å². The maximum Gasteiger partial charge on any atom is 0.242 e. The first kappa shape index (κ1) is 21.2. The number of hydrogen-bond acceptors (Lipinski definition) is 2. The molecule has 0 saturated heterocycles. The van der Waals surface area contributed by atoms with E-state index in [1.165, 1.54) is 0 Å². The summed E-state index contributed by atoms with van der Waals surface area (Å²) in [6.45, 7) is 6.81. The Morgan fingerprint density at radius 1 is 1.11 bits per heavy atom. The number of aryl methyl sites for hydroxylation is 1. The minimum absolute atomic E-state index is 0.0497. The van der Waals surface area contributed by atoms with Gasteiger partial charge in [-0.25, -0.2) is 0 Å². The van der Waals surface area contributed by atoms with Gasteiger partial charge in [0.2, 0.25) is 11.8 Å². The van der Waals surface area contributed by atoms with Gasteiger partial charge in [-0.3, -0.25) is 9.59 Å². The number of carbonyl (C=O) groups excluding carboxylic acids is 2. The summed E-state index contributed by atoms with van der Waals surface area (Å²) in [4.78, 5) is 27.3. The zero-order valence-corrected chi connectivity index (χ0v) is 17.8. The van der Waals surface area contributed by atoms with Crippen molar-refractivity contribution in [3.63, 3.8) is 0 Å². The number of amides is 2. The third-order valence-corrected chi connectivity index (χ3v) is 5.11. The van der Waals surface area contributed by atoms with Crippen LogP contribution in [0.25, 0.3) is 0 Å². The smallest absolute Gasteiger partial charge is 0.242 e. The van der Waals surface area contributed by atoms with E-state index in [9.17, 15) is 9.59 Å². The molecule has 2 rings (SSSR count). The summed E-state index contributed by atoms with van der Waals surface area (Å²) in [6, 6.07) is 15.2. The van der Waals surface area contributed by atoms with Gasteiger partial charge in [0.15, 0.2) is 0 Å². The van der Waals surface area contributed by atoms with Crippen molar-refractivity contribution in [1.82, 2.24) is 10.2 Å². The quantitative estimate of drug-likeness (QED) is 0.680. The fraction of sp³-hybridized carbons (Fsp3) is 0.364. The Balaban J connectivity index is 2.21. The maximum absolute atomic E-state index is 13.1. The lowest BCUT2D eigenvalue weighted by molar-refractivity contribution is -0.140. The molecule has 0 aliphatic carbocycles. The lowest BCUT2D eigenvalue weighted by Crippen LogP contribution is -2.48. The second-order valence-electron chi connectivity index (χ2n) is 6.72. The highest BCUT2D eigenvalue weighted by Gasteiger charge is 2.26. The predicted molar refractivity (Wildman–Crippen MR) is 112 cm³/mol. The number of halogens is 1. The summed E-state index contributed by atoms with van der Waals surface area (Å²) >= 11 is 3.43. The van der Waals surface area contributed by atoms with Crippen molar-refractivity contribution in [3.05, 3.63) is 69.7 Å². The molecule has 0 fully saturated rings. The van der Waals surface area contributed by atoms with Crippen molar-refractivity contribution in [2.24, 2.45) is 0 Å². The van der Waals surface area contributed by atoms with Crippen LogP contribution in [0.3, 0.4) is 0 Å². The van der Waals surface area contributed by atoms with E-state index in [0.29, 0.717) is 13.1 Å². The van der Waals surface area contributed by atoms with Crippen LogP contribution in [-0.4, -0.2) is 29.3 Å². The average molecular weight is 431 g/mol. The average Bonchev–Trinajstić information content (AvgIpc) is 2.66. The lowest BCUT2D eigenvalue weighted by atomic mass is 10.0. The van der Waals surface area contributed by atoms with Crippen molar-refractivity contribution >= 4 is 27.7 Å². The third-order valence-electron chi connectivity index (χ3n) is 4.59. The number of benzene rings is 2. The first-order valence-electron chi connectivity index (χ1n) is 9.28. The van der Waals surface area contributed by atoms with Crippen LogP contribution < -0.4 is 5.32 Å². The first-order chi connectivity index (χ1) is 12.9. The Kier molecular flexibility index (Phi) is 8.04. The molecule has 2 aromatic carbocycles. The Labute approximate surface area is 170 Å². The molecule has 0 unspecified atom stereocenters. The van der Waals surface area contributed by atoms with Gasteiger partial charge in [-0.15, -0.1) is 0 Å². The molecule has 0 heterocycles. The number of nitrogens with zero attached hydrogens (tertiary/aromatic N) is 1. The Morgan fingerprint density at radius 3 is 2.41 bits per heavy atom. The van der Waals surface area contributed by atoms with Crippen molar-refractivity contribution in [1.29, 1.82) is 0 Å². The van der Waals surface area contributed by atoms with Crippen LogP contribution in [0.2, 0.25) is 0 Å². The van der Waals surface area contributed by atoms with Crippen molar-refractivity contribution in [3.8, 4) is 0 Å². The van der Waals surface area contributed by atoms with Crippen molar-refractivity contribution < 1.29 is 9.59 Å².